The number of hydrogen-bond donors (Lipinski definition) is 2. The second kappa shape index (κ2) is 8.60. The zero-order valence-corrected chi connectivity index (χ0v) is 15.6. The molecular formula is C18H28N2O3S. The highest BCUT2D eigenvalue weighted by atomic mass is 32.1. The average molecular weight is 353 g/mol. The molecule has 1 saturated carbocycles. The third-order valence-corrected chi connectivity index (χ3v) is 6.17. The quantitative estimate of drug-likeness (QED) is 0.730. The fourth-order valence-corrected chi connectivity index (χ4v) is 4.45. The zero-order chi connectivity index (χ0) is 17.7. The zero-order valence-electron chi connectivity index (χ0n) is 14.8. The molecule has 0 radical (unpaired) electrons. The van der Waals surface area contributed by atoms with Crippen molar-refractivity contribution in [2.24, 2.45) is 11.8 Å². The van der Waals surface area contributed by atoms with Gasteiger partial charge in [-0.1, -0.05) is 39.0 Å². The van der Waals surface area contributed by atoms with Crippen LogP contribution in [0.25, 0.3) is 0 Å². The van der Waals surface area contributed by atoms with Crippen molar-refractivity contribution in [1.82, 2.24) is 10.3 Å². The number of nitrogens with zero attached hydrogens (tertiary/aromatic N) is 1. The molecule has 2 atom stereocenters. The molecule has 5 nitrogen and oxygen atoms in total. The first kappa shape index (κ1) is 18.9. The van der Waals surface area contributed by atoms with Crippen LogP contribution >= 0.6 is 11.3 Å². The molecule has 0 aromatic carbocycles. The Kier molecular flexibility index (Phi) is 6.78. The Balaban J connectivity index is 1.99. The van der Waals surface area contributed by atoms with Gasteiger partial charge in [-0.2, -0.15) is 0 Å². The number of carbonyl (C=O) groups is 2. The Morgan fingerprint density at radius 2 is 2.04 bits per heavy atom. The molecule has 0 saturated heterocycles. The predicted octanol–water partition coefficient (Wildman–Crippen LogP) is 4.32. The number of hydrogen-bond acceptors (Lipinski definition) is 4. The lowest BCUT2D eigenvalue weighted by Gasteiger charge is -2.21. The maximum absolute atomic E-state index is 12.7. The first-order valence-corrected chi connectivity index (χ1v) is 9.75. The summed E-state index contributed by atoms with van der Waals surface area (Å²) in [5, 5.41) is 12.9. The minimum Gasteiger partial charge on any atom is -0.477 e. The molecular weight excluding hydrogens is 324 g/mol. The van der Waals surface area contributed by atoms with Crippen molar-refractivity contribution in [3.63, 3.8) is 0 Å². The number of aryl methyl sites for hydroxylation is 1. The Labute approximate surface area is 147 Å². The van der Waals surface area contributed by atoms with Crippen molar-refractivity contribution >= 4 is 23.2 Å². The monoisotopic (exact) mass is 352 g/mol. The van der Waals surface area contributed by atoms with E-state index in [-0.39, 0.29) is 22.7 Å². The number of carbonyl (C=O) groups excluding carboxylic acids is 1. The van der Waals surface area contributed by atoms with Crippen LogP contribution in [0.3, 0.4) is 0 Å². The second-order valence-electron chi connectivity index (χ2n) is 6.87. The molecule has 6 heteroatoms. The van der Waals surface area contributed by atoms with Gasteiger partial charge in [0.05, 0.1) is 11.7 Å². The molecule has 2 rings (SSSR count). The van der Waals surface area contributed by atoms with Gasteiger partial charge < -0.3 is 10.4 Å². The molecule has 0 spiro atoms. The topological polar surface area (TPSA) is 79.3 Å². The lowest BCUT2D eigenvalue weighted by molar-refractivity contribution is -0.126. The van der Waals surface area contributed by atoms with Crippen molar-refractivity contribution < 1.29 is 14.7 Å². The minimum atomic E-state index is -0.958. The van der Waals surface area contributed by atoms with Crippen molar-refractivity contribution in [3.05, 3.63) is 15.6 Å². The van der Waals surface area contributed by atoms with E-state index in [2.05, 4.69) is 17.2 Å². The third kappa shape index (κ3) is 4.79. The summed E-state index contributed by atoms with van der Waals surface area (Å²) in [6.07, 6.45) is 7.96. The Morgan fingerprint density at radius 3 is 2.58 bits per heavy atom. The van der Waals surface area contributed by atoms with Crippen LogP contribution in [0.15, 0.2) is 0 Å². The average Bonchev–Trinajstić information content (AvgIpc) is 3.16. The number of aromatic carboxylic acids is 1. The van der Waals surface area contributed by atoms with Gasteiger partial charge in [0.25, 0.3) is 0 Å². The summed E-state index contributed by atoms with van der Waals surface area (Å²) in [7, 11) is 0. The molecule has 0 aliphatic heterocycles. The summed E-state index contributed by atoms with van der Waals surface area (Å²) in [6, 6.07) is -0.253. The summed E-state index contributed by atoms with van der Waals surface area (Å²) >= 11 is 1.15. The van der Waals surface area contributed by atoms with E-state index in [4.69, 9.17) is 5.11 Å². The van der Waals surface area contributed by atoms with Crippen molar-refractivity contribution in [1.29, 1.82) is 0 Å². The number of rotatable bonds is 8. The number of carboxylic acids is 1. The Morgan fingerprint density at radius 1 is 1.38 bits per heavy atom. The van der Waals surface area contributed by atoms with Gasteiger partial charge in [-0.05, 0) is 32.6 Å². The van der Waals surface area contributed by atoms with E-state index in [0.29, 0.717) is 16.6 Å². The lowest BCUT2D eigenvalue weighted by Crippen LogP contribution is -2.33. The molecule has 0 bridgehead atoms. The maximum atomic E-state index is 12.7. The van der Waals surface area contributed by atoms with Gasteiger partial charge in [-0.3, -0.25) is 4.79 Å². The van der Waals surface area contributed by atoms with Crippen molar-refractivity contribution in [3.8, 4) is 0 Å². The van der Waals surface area contributed by atoms with Crippen LogP contribution in [0.1, 0.15) is 85.2 Å². The fourth-order valence-electron chi connectivity index (χ4n) is 3.55. The van der Waals surface area contributed by atoms with E-state index < -0.39 is 5.97 Å². The molecule has 1 aromatic rings. The van der Waals surface area contributed by atoms with E-state index in [0.717, 1.165) is 30.6 Å². The SMILES string of the molecule is CCCC(CC1CCCC1)C(=O)NC(C)c1nc(C)c(C(=O)O)s1. The number of nitrogens with one attached hydrogen (secondary N) is 1. The summed E-state index contributed by atoms with van der Waals surface area (Å²) in [4.78, 5) is 28.4. The largest absolute Gasteiger partial charge is 0.477 e. The van der Waals surface area contributed by atoms with Gasteiger partial charge in [0.2, 0.25) is 5.91 Å². The van der Waals surface area contributed by atoms with Gasteiger partial charge >= 0.3 is 5.97 Å². The summed E-state index contributed by atoms with van der Waals surface area (Å²) < 4.78 is 0. The number of thiazole rings is 1. The fraction of sp³-hybridized carbons (Fsp3) is 0.722. The van der Waals surface area contributed by atoms with Crippen LogP contribution in [0.2, 0.25) is 0 Å². The molecule has 1 aromatic heterocycles. The van der Waals surface area contributed by atoms with Crippen LogP contribution in [0.4, 0.5) is 0 Å². The van der Waals surface area contributed by atoms with Crippen LogP contribution in [0, 0.1) is 18.8 Å². The van der Waals surface area contributed by atoms with E-state index in [9.17, 15) is 9.59 Å². The van der Waals surface area contributed by atoms with Crippen LogP contribution in [-0.4, -0.2) is 22.0 Å². The van der Waals surface area contributed by atoms with E-state index in [1.54, 1.807) is 6.92 Å². The minimum absolute atomic E-state index is 0.0561. The van der Waals surface area contributed by atoms with Crippen LogP contribution < -0.4 is 5.32 Å². The highest BCUT2D eigenvalue weighted by Crippen LogP contribution is 2.32. The molecule has 1 fully saturated rings. The van der Waals surface area contributed by atoms with Gasteiger partial charge in [0.1, 0.15) is 9.88 Å². The third-order valence-electron chi connectivity index (χ3n) is 4.84. The summed E-state index contributed by atoms with van der Waals surface area (Å²) in [5.41, 5.74) is 0.514. The van der Waals surface area contributed by atoms with Crippen LogP contribution in [0.5, 0.6) is 0 Å². The van der Waals surface area contributed by atoms with Crippen molar-refractivity contribution in [2.45, 2.75) is 71.8 Å². The lowest BCUT2D eigenvalue weighted by atomic mass is 9.89. The van der Waals surface area contributed by atoms with Crippen LogP contribution in [-0.2, 0) is 4.79 Å². The number of carboxylic acid groups (broad SMARTS) is 1. The van der Waals surface area contributed by atoms with E-state index in [1.807, 2.05) is 6.92 Å². The number of amides is 1. The highest BCUT2D eigenvalue weighted by Gasteiger charge is 2.26. The number of aromatic nitrogens is 1. The van der Waals surface area contributed by atoms with Gasteiger partial charge in [-0.25, -0.2) is 9.78 Å². The molecule has 1 amide bonds. The molecule has 134 valence electrons. The molecule has 24 heavy (non-hydrogen) atoms. The molecule has 2 unspecified atom stereocenters. The van der Waals surface area contributed by atoms with Crippen molar-refractivity contribution in [2.75, 3.05) is 0 Å². The molecule has 1 aliphatic carbocycles. The Hall–Kier alpha value is -1.43. The summed E-state index contributed by atoms with van der Waals surface area (Å²) in [6.45, 7) is 5.68. The predicted molar refractivity (Wildman–Crippen MR) is 95.3 cm³/mol. The first-order chi connectivity index (χ1) is 11.4. The van der Waals surface area contributed by atoms with E-state index >= 15 is 0 Å². The smallest absolute Gasteiger partial charge is 0.347 e. The van der Waals surface area contributed by atoms with Gasteiger partial charge in [0.15, 0.2) is 0 Å². The molecule has 2 N–H and O–H groups in total. The van der Waals surface area contributed by atoms with Gasteiger partial charge in [0, 0.05) is 5.92 Å². The molecule has 1 aliphatic rings. The standard InChI is InChI=1S/C18H28N2O3S/c1-4-7-14(10-13-8-5-6-9-13)16(21)19-12(3)17-20-11(2)15(24-17)18(22)23/h12-14H,4-10H2,1-3H3,(H,19,21)(H,22,23). The normalized spacial score (nSPS) is 17.6. The second-order valence-corrected chi connectivity index (χ2v) is 7.90. The summed E-state index contributed by atoms with van der Waals surface area (Å²) in [5.74, 6) is -0.135. The highest BCUT2D eigenvalue weighted by molar-refractivity contribution is 7.13. The van der Waals surface area contributed by atoms with E-state index in [1.165, 1.54) is 25.7 Å². The van der Waals surface area contributed by atoms with Gasteiger partial charge in [-0.15, -0.1) is 11.3 Å². The molecule has 1 heterocycles. The first-order valence-electron chi connectivity index (χ1n) is 8.93. The maximum Gasteiger partial charge on any atom is 0.347 e. The Bertz CT molecular complexity index is 579.